The minimum absolute atomic E-state index is 0.313. The van der Waals surface area contributed by atoms with Crippen molar-refractivity contribution in [3.63, 3.8) is 0 Å². The van der Waals surface area contributed by atoms with Gasteiger partial charge < -0.3 is 47.4 Å². The summed E-state index contributed by atoms with van der Waals surface area (Å²) in [5.41, 5.74) is 0. The molecule has 0 radical (unpaired) electrons. The first-order chi connectivity index (χ1) is 17.4. The van der Waals surface area contributed by atoms with Crippen molar-refractivity contribution < 1.29 is 47.4 Å². The summed E-state index contributed by atoms with van der Waals surface area (Å²) >= 11 is 0. The third-order valence-corrected chi connectivity index (χ3v) is 4.18. The van der Waals surface area contributed by atoms with E-state index in [1.807, 2.05) is 0 Å². The van der Waals surface area contributed by atoms with Crippen LogP contribution >= 0.6 is 0 Å². The zero-order valence-corrected chi connectivity index (χ0v) is 21.7. The van der Waals surface area contributed by atoms with E-state index >= 15 is 0 Å². The first-order valence-corrected chi connectivity index (χ1v) is 12.6. The summed E-state index contributed by atoms with van der Waals surface area (Å²) in [4.78, 5) is 0. The molecule has 0 fully saturated rings. The van der Waals surface area contributed by atoms with Gasteiger partial charge in [-0.1, -0.05) is 19.3 Å². The molecule has 0 rings (SSSR count). The zero-order valence-electron chi connectivity index (χ0n) is 21.7. The molecule has 0 heterocycles. The van der Waals surface area contributed by atoms with Gasteiger partial charge in [-0.25, -0.2) is 0 Å². The first kappa shape index (κ1) is 34.2. The fourth-order valence-corrected chi connectivity index (χ4v) is 2.36. The second-order valence-electron chi connectivity index (χ2n) is 7.12. The summed E-state index contributed by atoms with van der Waals surface area (Å²) in [5.74, 6) is 2.40. The van der Waals surface area contributed by atoms with Gasteiger partial charge in [0.25, 0.3) is 0 Å². The fourth-order valence-electron chi connectivity index (χ4n) is 2.36. The summed E-state index contributed by atoms with van der Waals surface area (Å²) in [5, 5.41) is 0. The van der Waals surface area contributed by atoms with Gasteiger partial charge in [-0.2, -0.15) is 0 Å². The standard InChI is InChI=1S/C25H48O10/c1-3-5-7-27-9-11-29-13-15-31-17-19-33-21-23-35-25-24-34-22-20-32-18-16-30-14-12-28-10-8-26-6-4-2/h2H,3,5-25H2,1H3. The SMILES string of the molecule is C#CCOCCOCCOCCOCCOCCOCCOCCOCCOCCOCCCC. The smallest absolute Gasteiger partial charge is 0.107 e. The Kier molecular flexibility index (Phi) is 32.4. The number of unbranched alkanes of at least 4 members (excludes halogenated alkanes) is 1. The molecule has 208 valence electrons. The molecule has 0 amide bonds. The highest BCUT2D eigenvalue weighted by Gasteiger charge is 1.95. The molecule has 10 heteroatoms. The number of rotatable bonds is 31. The summed E-state index contributed by atoms with van der Waals surface area (Å²) in [6, 6.07) is 0. The van der Waals surface area contributed by atoms with Crippen LogP contribution in [0.3, 0.4) is 0 Å². The Morgan fingerprint density at radius 1 is 0.371 bits per heavy atom. The quantitative estimate of drug-likeness (QED) is 0.102. The Labute approximate surface area is 212 Å². The van der Waals surface area contributed by atoms with Crippen LogP contribution in [0.2, 0.25) is 0 Å². The molecule has 0 aromatic heterocycles. The van der Waals surface area contributed by atoms with Gasteiger partial charge in [-0.15, -0.1) is 6.42 Å². The van der Waals surface area contributed by atoms with Crippen molar-refractivity contribution in [2.45, 2.75) is 19.8 Å². The van der Waals surface area contributed by atoms with Gasteiger partial charge >= 0.3 is 0 Å². The van der Waals surface area contributed by atoms with E-state index in [4.69, 9.17) is 53.8 Å². The van der Waals surface area contributed by atoms with Crippen LogP contribution in [-0.2, 0) is 47.4 Å². The molecule has 0 aliphatic heterocycles. The molecule has 0 spiro atoms. The van der Waals surface area contributed by atoms with Crippen LogP contribution in [0.5, 0.6) is 0 Å². The molecule has 0 N–H and O–H groups in total. The monoisotopic (exact) mass is 508 g/mol. The van der Waals surface area contributed by atoms with Crippen molar-refractivity contribution >= 4 is 0 Å². The number of terminal acetylenes is 1. The lowest BCUT2D eigenvalue weighted by Gasteiger charge is -2.09. The van der Waals surface area contributed by atoms with Gasteiger partial charge in [0.05, 0.1) is 119 Å². The largest absolute Gasteiger partial charge is 0.379 e. The van der Waals surface area contributed by atoms with Crippen LogP contribution in [-0.4, -0.2) is 132 Å². The predicted molar refractivity (Wildman–Crippen MR) is 132 cm³/mol. The number of hydrogen-bond acceptors (Lipinski definition) is 10. The topological polar surface area (TPSA) is 92.3 Å². The van der Waals surface area contributed by atoms with Crippen LogP contribution in [0.1, 0.15) is 19.8 Å². The van der Waals surface area contributed by atoms with E-state index in [0.29, 0.717) is 126 Å². The molecule has 0 aromatic rings. The Morgan fingerprint density at radius 2 is 0.600 bits per heavy atom. The molecule has 0 unspecified atom stereocenters. The Morgan fingerprint density at radius 3 is 0.829 bits per heavy atom. The summed E-state index contributed by atoms with van der Waals surface area (Å²) in [6.07, 6.45) is 7.31. The molecule has 0 aliphatic rings. The number of ether oxygens (including phenoxy) is 10. The van der Waals surface area contributed by atoms with Crippen molar-refractivity contribution in [1.82, 2.24) is 0 Å². The molecule has 10 nitrogen and oxygen atoms in total. The molecule has 0 bridgehead atoms. The van der Waals surface area contributed by atoms with Gasteiger partial charge in [-0.3, -0.25) is 0 Å². The van der Waals surface area contributed by atoms with E-state index < -0.39 is 0 Å². The van der Waals surface area contributed by atoms with Crippen LogP contribution in [0, 0.1) is 12.3 Å². The highest BCUT2D eigenvalue weighted by molar-refractivity contribution is 4.82. The van der Waals surface area contributed by atoms with E-state index in [-0.39, 0.29) is 0 Å². The van der Waals surface area contributed by atoms with Gasteiger partial charge in [0, 0.05) is 6.61 Å². The Balaban J connectivity index is 3.00. The average molecular weight is 509 g/mol. The van der Waals surface area contributed by atoms with Gasteiger partial charge in [-0.05, 0) is 6.42 Å². The summed E-state index contributed by atoms with van der Waals surface area (Å²) in [6.45, 7) is 13.0. The average Bonchev–Trinajstić information content (AvgIpc) is 2.87. The van der Waals surface area contributed by atoms with Crippen molar-refractivity contribution in [1.29, 1.82) is 0 Å². The second kappa shape index (κ2) is 33.2. The van der Waals surface area contributed by atoms with Crippen LogP contribution in [0.25, 0.3) is 0 Å². The molecule has 0 saturated heterocycles. The predicted octanol–water partition coefficient (Wildman–Crippen LogP) is 1.59. The normalized spacial score (nSPS) is 11.2. The maximum Gasteiger partial charge on any atom is 0.107 e. The number of hydrogen-bond donors (Lipinski definition) is 0. The second-order valence-corrected chi connectivity index (χ2v) is 7.12. The van der Waals surface area contributed by atoms with Gasteiger partial charge in [0.1, 0.15) is 6.61 Å². The van der Waals surface area contributed by atoms with E-state index in [1.54, 1.807) is 0 Å². The molecule has 0 atom stereocenters. The van der Waals surface area contributed by atoms with E-state index in [1.165, 1.54) is 0 Å². The van der Waals surface area contributed by atoms with E-state index in [2.05, 4.69) is 12.8 Å². The van der Waals surface area contributed by atoms with Crippen LogP contribution in [0.4, 0.5) is 0 Å². The molecular formula is C25H48O10. The minimum Gasteiger partial charge on any atom is -0.379 e. The van der Waals surface area contributed by atoms with Crippen LogP contribution < -0.4 is 0 Å². The third-order valence-electron chi connectivity index (χ3n) is 4.18. The Bertz CT molecular complexity index is 420. The maximum absolute atomic E-state index is 5.45. The lowest BCUT2D eigenvalue weighted by molar-refractivity contribution is -0.0261. The van der Waals surface area contributed by atoms with Crippen molar-refractivity contribution in [3.05, 3.63) is 0 Å². The van der Waals surface area contributed by atoms with Crippen molar-refractivity contribution in [2.75, 3.05) is 132 Å². The van der Waals surface area contributed by atoms with E-state index in [0.717, 1.165) is 19.4 Å². The highest BCUT2D eigenvalue weighted by Crippen LogP contribution is 1.89. The highest BCUT2D eigenvalue weighted by atomic mass is 16.6. The maximum atomic E-state index is 5.45. The Hall–Kier alpha value is -0.840. The zero-order chi connectivity index (χ0) is 25.3. The van der Waals surface area contributed by atoms with Crippen molar-refractivity contribution in [3.8, 4) is 12.3 Å². The van der Waals surface area contributed by atoms with Crippen LogP contribution in [0.15, 0.2) is 0 Å². The minimum atomic E-state index is 0.313. The molecule has 0 saturated carbocycles. The lowest BCUT2D eigenvalue weighted by atomic mass is 10.4. The summed E-state index contributed by atoms with van der Waals surface area (Å²) in [7, 11) is 0. The van der Waals surface area contributed by atoms with Gasteiger partial charge in [0.15, 0.2) is 0 Å². The third kappa shape index (κ3) is 33.2. The molecular weight excluding hydrogens is 460 g/mol. The summed E-state index contributed by atoms with van der Waals surface area (Å²) < 4.78 is 53.8. The fraction of sp³-hybridized carbons (Fsp3) is 0.920. The van der Waals surface area contributed by atoms with Crippen molar-refractivity contribution in [2.24, 2.45) is 0 Å². The molecule has 0 aliphatic carbocycles. The lowest BCUT2D eigenvalue weighted by Crippen LogP contribution is -2.15. The van der Waals surface area contributed by atoms with E-state index in [9.17, 15) is 0 Å². The molecule has 0 aromatic carbocycles. The molecule has 35 heavy (non-hydrogen) atoms. The van der Waals surface area contributed by atoms with Gasteiger partial charge in [0.2, 0.25) is 0 Å². The first-order valence-electron chi connectivity index (χ1n) is 12.6.